The van der Waals surface area contributed by atoms with E-state index in [1.54, 1.807) is 18.2 Å². The fraction of sp³-hybridized carbons (Fsp3) is 0. The smallest absolute Gasteiger partial charge is 1.00 e. The van der Waals surface area contributed by atoms with E-state index in [0.29, 0.717) is 11.1 Å². The van der Waals surface area contributed by atoms with Crippen LogP contribution in [0, 0.1) is 0 Å². The number of nitrogens with one attached hydrogen (secondary N) is 2. The van der Waals surface area contributed by atoms with E-state index in [1.807, 2.05) is 0 Å². The number of fused-ring (bicyclic) bond motifs is 1. The van der Waals surface area contributed by atoms with E-state index in [9.17, 15) is 9.59 Å². The molecule has 0 aliphatic heterocycles. The summed E-state index contributed by atoms with van der Waals surface area (Å²) < 4.78 is 0. The van der Waals surface area contributed by atoms with E-state index in [-0.39, 0.29) is 36.8 Å². The molecule has 68 valence electrons. The minimum atomic E-state index is -0.382. The van der Waals surface area contributed by atoms with E-state index >= 15 is 0 Å². The van der Waals surface area contributed by atoms with Crippen molar-refractivity contribution in [3.63, 3.8) is 0 Å². The van der Waals surface area contributed by atoms with E-state index in [0.717, 1.165) is 0 Å². The zero-order chi connectivity index (χ0) is 9.42. The molecule has 0 atom stereocenters. The number of benzene rings is 1. The van der Waals surface area contributed by atoms with Gasteiger partial charge in [-0.2, -0.15) is 0 Å². The average molecular weight is 185 g/mol. The van der Waals surface area contributed by atoms with Crippen LogP contribution in [0.1, 0.15) is 1.43 Å². The van der Waals surface area contributed by atoms with Crippen LogP contribution in [0.4, 0.5) is 5.69 Å². The first kappa shape index (κ1) is 10.6. The summed E-state index contributed by atoms with van der Waals surface area (Å²) in [5, 5.41) is 4.98. The van der Waals surface area contributed by atoms with Crippen LogP contribution in [0.3, 0.4) is 0 Å². The number of hydrogen-bond acceptors (Lipinski definition) is 3. The van der Waals surface area contributed by atoms with E-state index in [2.05, 4.69) is 10.2 Å². The third-order valence-corrected chi connectivity index (χ3v) is 1.86. The summed E-state index contributed by atoms with van der Waals surface area (Å²) in [5.41, 5.74) is 5.14. The predicted octanol–water partition coefficient (Wildman–Crippen LogP) is -3.08. The van der Waals surface area contributed by atoms with Gasteiger partial charge in [0.25, 0.3) is 11.1 Å². The minimum Gasteiger partial charge on any atom is -1.00 e. The predicted molar refractivity (Wildman–Crippen MR) is 50.7 cm³/mol. The summed E-state index contributed by atoms with van der Waals surface area (Å²) in [4.78, 5) is 22.4. The molecule has 0 saturated heterocycles. The van der Waals surface area contributed by atoms with Crippen molar-refractivity contribution < 1.29 is 20.3 Å². The maximum absolute atomic E-state index is 11.2. The Hall–Kier alpha value is -1.44. The molecule has 6 heteroatoms. The van der Waals surface area contributed by atoms with Crippen molar-refractivity contribution in [2.75, 3.05) is 5.73 Å². The van der Waals surface area contributed by atoms with Crippen molar-refractivity contribution in [3.05, 3.63) is 38.9 Å². The minimum absolute atomic E-state index is 0. The number of rotatable bonds is 0. The Bertz CT molecular complexity index is 578. The molecule has 5 nitrogen and oxygen atoms in total. The molecule has 1 heterocycles. The van der Waals surface area contributed by atoms with Crippen molar-refractivity contribution in [1.82, 2.24) is 10.2 Å². The second-order valence-corrected chi connectivity index (χ2v) is 2.68. The molecular weight excluding hydrogens is 177 g/mol. The Balaban J connectivity index is 0.000000980. The molecule has 1 aromatic carbocycles. The maximum atomic E-state index is 11.2. The molecule has 0 aliphatic carbocycles. The van der Waals surface area contributed by atoms with Crippen LogP contribution in [0.5, 0.6) is 0 Å². The van der Waals surface area contributed by atoms with Gasteiger partial charge in [0, 0.05) is 5.69 Å². The van der Waals surface area contributed by atoms with Crippen LogP contribution in [0.2, 0.25) is 0 Å². The summed E-state index contributed by atoms with van der Waals surface area (Å²) in [7, 11) is 0. The van der Waals surface area contributed by atoms with Gasteiger partial charge in [0.05, 0.1) is 10.8 Å². The molecule has 2 rings (SSSR count). The largest absolute Gasteiger partial charge is 1.00 e. The number of aromatic amines is 2. The molecule has 4 N–H and O–H groups in total. The molecule has 0 bridgehead atoms. The fourth-order valence-corrected chi connectivity index (χ4v) is 1.26. The summed E-state index contributed by atoms with van der Waals surface area (Å²) >= 11 is 0. The molecule has 0 aliphatic rings. The Morgan fingerprint density at radius 3 is 2.43 bits per heavy atom. The zero-order valence-electron chi connectivity index (χ0n) is 8.63. The van der Waals surface area contributed by atoms with E-state index in [4.69, 9.17) is 5.73 Å². The van der Waals surface area contributed by atoms with Crippen LogP contribution in [-0.4, -0.2) is 10.2 Å². The summed E-state index contributed by atoms with van der Waals surface area (Å²) in [5.74, 6) is 0. The first-order valence-corrected chi connectivity index (χ1v) is 3.69. The normalized spacial score (nSPS) is 9.71. The van der Waals surface area contributed by atoms with Crippen molar-refractivity contribution in [3.8, 4) is 0 Å². The van der Waals surface area contributed by atoms with Gasteiger partial charge in [-0.05, 0) is 12.1 Å². The molecule has 0 radical (unpaired) electrons. The second-order valence-electron chi connectivity index (χ2n) is 2.68. The van der Waals surface area contributed by atoms with Gasteiger partial charge in [0.2, 0.25) is 0 Å². The van der Waals surface area contributed by atoms with E-state index in [1.165, 1.54) is 0 Å². The number of hydrogen-bond donors (Lipinski definition) is 3. The van der Waals surface area contributed by atoms with Crippen LogP contribution >= 0.6 is 0 Å². The monoisotopic (exact) mass is 185 g/mol. The van der Waals surface area contributed by atoms with Gasteiger partial charge in [0.1, 0.15) is 0 Å². The van der Waals surface area contributed by atoms with Gasteiger partial charge in [-0.3, -0.25) is 19.8 Å². The number of nitrogen functional groups attached to an aromatic ring is 1. The molecule has 0 fully saturated rings. The zero-order valence-corrected chi connectivity index (χ0v) is 7.63. The summed E-state index contributed by atoms with van der Waals surface area (Å²) in [6, 6.07) is 4.77. The molecule has 0 spiro atoms. The van der Waals surface area contributed by atoms with E-state index < -0.39 is 0 Å². The molecule has 1 aromatic heterocycles. The molecular formula is C8H8LiN3O2. The summed E-state index contributed by atoms with van der Waals surface area (Å²) in [6.07, 6.45) is 0. The van der Waals surface area contributed by atoms with Gasteiger partial charge in [-0.15, -0.1) is 0 Å². The van der Waals surface area contributed by atoms with Crippen LogP contribution in [0.15, 0.2) is 27.8 Å². The third-order valence-electron chi connectivity index (χ3n) is 1.86. The van der Waals surface area contributed by atoms with Gasteiger partial charge in [-0.25, -0.2) is 0 Å². The Labute approximate surface area is 92.0 Å². The van der Waals surface area contributed by atoms with Gasteiger partial charge >= 0.3 is 18.9 Å². The van der Waals surface area contributed by atoms with Gasteiger partial charge in [0.15, 0.2) is 0 Å². The van der Waals surface area contributed by atoms with Crippen molar-refractivity contribution >= 4 is 16.5 Å². The Morgan fingerprint density at radius 2 is 1.79 bits per heavy atom. The standard InChI is InChI=1S/C8H7N3O2.Li.H/c9-5-3-1-2-4-6(5)8(13)11-10-7(4)12;;/h1-3H,9H2,(H,10,12)(H,11,13);;/q;+1;-1. The first-order chi connectivity index (χ1) is 6.20. The topological polar surface area (TPSA) is 91.7 Å². The number of anilines is 1. The number of nitrogens with two attached hydrogens (primary N) is 1. The number of H-pyrrole nitrogens is 2. The molecule has 0 saturated carbocycles. The SMILES string of the molecule is Nc1cccc2c(=O)[nH][nH]c(=O)c12.[H-].[Li+]. The maximum Gasteiger partial charge on any atom is 1.00 e. The quantitative estimate of drug-likeness (QED) is 0.300. The van der Waals surface area contributed by atoms with Gasteiger partial charge in [-0.1, -0.05) is 6.07 Å². The molecule has 0 amide bonds. The van der Waals surface area contributed by atoms with Crippen molar-refractivity contribution in [2.24, 2.45) is 0 Å². The first-order valence-electron chi connectivity index (χ1n) is 3.69. The van der Waals surface area contributed by atoms with Crippen molar-refractivity contribution in [1.29, 1.82) is 0 Å². The molecule has 2 aromatic rings. The molecule has 0 unspecified atom stereocenters. The Morgan fingerprint density at radius 1 is 1.14 bits per heavy atom. The van der Waals surface area contributed by atoms with Crippen LogP contribution < -0.4 is 35.7 Å². The van der Waals surface area contributed by atoms with Crippen molar-refractivity contribution in [2.45, 2.75) is 0 Å². The average Bonchev–Trinajstić information content (AvgIpc) is 2.12. The third kappa shape index (κ3) is 1.48. The molecule has 14 heavy (non-hydrogen) atoms. The summed E-state index contributed by atoms with van der Waals surface area (Å²) in [6.45, 7) is 0. The second kappa shape index (κ2) is 3.74. The Kier molecular flexibility index (Phi) is 2.84. The van der Waals surface area contributed by atoms with Gasteiger partial charge < -0.3 is 7.16 Å². The fourth-order valence-electron chi connectivity index (χ4n) is 1.26. The number of aromatic nitrogens is 2. The van der Waals surface area contributed by atoms with Crippen LogP contribution in [-0.2, 0) is 0 Å². The van der Waals surface area contributed by atoms with Crippen LogP contribution in [0.25, 0.3) is 10.8 Å².